The van der Waals surface area contributed by atoms with Crippen molar-refractivity contribution in [1.82, 2.24) is 20.2 Å². The number of carboxylic acid groups (broad SMARTS) is 1. The lowest BCUT2D eigenvalue weighted by Crippen LogP contribution is -2.33. The van der Waals surface area contributed by atoms with Gasteiger partial charge in [-0.1, -0.05) is 19.8 Å². The lowest BCUT2D eigenvalue weighted by Gasteiger charge is -2.32. The Morgan fingerprint density at radius 1 is 1.43 bits per heavy atom. The van der Waals surface area contributed by atoms with Gasteiger partial charge in [0.15, 0.2) is 5.82 Å². The van der Waals surface area contributed by atoms with Crippen LogP contribution in [0.3, 0.4) is 0 Å². The van der Waals surface area contributed by atoms with Gasteiger partial charge in [0.1, 0.15) is 0 Å². The highest BCUT2D eigenvalue weighted by Crippen LogP contribution is 2.45. The summed E-state index contributed by atoms with van der Waals surface area (Å²) in [6, 6.07) is 0. The molecule has 1 aliphatic rings. The number of nitrogens with zero attached hydrogens (tertiary/aromatic N) is 4. The lowest BCUT2D eigenvalue weighted by atomic mass is 9.78. The van der Waals surface area contributed by atoms with Crippen molar-refractivity contribution in [3.8, 4) is 0 Å². The third-order valence-electron chi connectivity index (χ3n) is 3.95. The van der Waals surface area contributed by atoms with Gasteiger partial charge in [0.2, 0.25) is 0 Å². The maximum absolute atomic E-state index is 13.1. The van der Waals surface area contributed by atoms with Crippen molar-refractivity contribution < 1.29 is 23.1 Å². The molecule has 0 spiro atoms. The maximum Gasteiger partial charge on any atom is 0.392 e. The standard InChI is InChI=1S/C12H17F3N4O2/c1-7(11(20)21)6-19-10(16-17-18-19)8-4-2-3-5-9(8)12(13,14)15/h7-9H,2-6H2,1H3,(H,20,21). The van der Waals surface area contributed by atoms with Crippen LogP contribution in [-0.4, -0.2) is 37.5 Å². The topological polar surface area (TPSA) is 80.9 Å². The predicted molar refractivity (Wildman–Crippen MR) is 65.4 cm³/mol. The number of rotatable bonds is 4. The van der Waals surface area contributed by atoms with Crippen LogP contribution in [0.2, 0.25) is 0 Å². The summed E-state index contributed by atoms with van der Waals surface area (Å²) in [6.07, 6.45) is -2.63. The minimum atomic E-state index is -4.29. The van der Waals surface area contributed by atoms with Crippen LogP contribution < -0.4 is 0 Å². The second-order valence-corrected chi connectivity index (χ2v) is 5.50. The van der Waals surface area contributed by atoms with Crippen molar-refractivity contribution in [3.05, 3.63) is 5.82 Å². The fourth-order valence-electron chi connectivity index (χ4n) is 2.78. The van der Waals surface area contributed by atoms with E-state index >= 15 is 0 Å². The second-order valence-electron chi connectivity index (χ2n) is 5.50. The molecular weight excluding hydrogens is 289 g/mol. The van der Waals surface area contributed by atoms with Crippen molar-refractivity contribution in [1.29, 1.82) is 0 Å². The fraction of sp³-hybridized carbons (Fsp3) is 0.833. The number of halogens is 3. The molecule has 0 saturated heterocycles. The molecule has 1 aromatic rings. The van der Waals surface area contributed by atoms with E-state index in [2.05, 4.69) is 15.5 Å². The molecular formula is C12H17F3N4O2. The number of alkyl halides is 3. The van der Waals surface area contributed by atoms with Crippen LogP contribution in [0.1, 0.15) is 44.3 Å². The monoisotopic (exact) mass is 306 g/mol. The van der Waals surface area contributed by atoms with Crippen LogP contribution in [-0.2, 0) is 11.3 Å². The Kier molecular flexibility index (Phi) is 4.48. The molecule has 6 nitrogen and oxygen atoms in total. The maximum atomic E-state index is 13.1. The van der Waals surface area contributed by atoms with Gasteiger partial charge in [0.05, 0.1) is 18.4 Å². The largest absolute Gasteiger partial charge is 0.481 e. The molecule has 1 aromatic heterocycles. The predicted octanol–water partition coefficient (Wildman–Crippen LogP) is 2.23. The van der Waals surface area contributed by atoms with E-state index < -0.39 is 29.9 Å². The summed E-state index contributed by atoms with van der Waals surface area (Å²) in [5.41, 5.74) is 0. The quantitative estimate of drug-likeness (QED) is 0.922. The van der Waals surface area contributed by atoms with Gasteiger partial charge in [-0.05, 0) is 23.3 Å². The molecule has 1 N–H and O–H groups in total. The Labute approximate surface area is 119 Å². The van der Waals surface area contributed by atoms with Crippen LogP contribution >= 0.6 is 0 Å². The summed E-state index contributed by atoms with van der Waals surface area (Å²) in [7, 11) is 0. The zero-order valence-corrected chi connectivity index (χ0v) is 11.5. The third-order valence-corrected chi connectivity index (χ3v) is 3.95. The highest BCUT2D eigenvalue weighted by Gasteiger charge is 2.47. The van der Waals surface area contributed by atoms with Crippen LogP contribution in [0.25, 0.3) is 0 Å². The SMILES string of the molecule is CC(Cn1nnnc1C1CCCCC1C(F)(F)F)C(=O)O. The Hall–Kier alpha value is -1.67. The van der Waals surface area contributed by atoms with E-state index in [-0.39, 0.29) is 18.8 Å². The first-order chi connectivity index (χ1) is 9.80. The molecule has 0 amide bonds. The molecule has 1 saturated carbocycles. The molecule has 0 radical (unpaired) electrons. The summed E-state index contributed by atoms with van der Waals surface area (Å²) in [5.74, 6) is -3.91. The minimum Gasteiger partial charge on any atom is -0.481 e. The molecule has 118 valence electrons. The molecule has 1 heterocycles. The first kappa shape index (κ1) is 15.7. The first-order valence-electron chi connectivity index (χ1n) is 6.86. The van der Waals surface area contributed by atoms with Crippen molar-refractivity contribution in [2.24, 2.45) is 11.8 Å². The summed E-state index contributed by atoms with van der Waals surface area (Å²) in [4.78, 5) is 10.9. The molecule has 3 unspecified atom stereocenters. The van der Waals surface area contributed by atoms with Gasteiger partial charge in [-0.3, -0.25) is 4.79 Å². The molecule has 21 heavy (non-hydrogen) atoms. The van der Waals surface area contributed by atoms with E-state index in [0.29, 0.717) is 19.3 Å². The zero-order valence-electron chi connectivity index (χ0n) is 11.5. The minimum absolute atomic E-state index is 0.0290. The summed E-state index contributed by atoms with van der Waals surface area (Å²) < 4.78 is 40.6. The number of carboxylic acids is 1. The summed E-state index contributed by atoms with van der Waals surface area (Å²) in [5, 5.41) is 19.7. The van der Waals surface area contributed by atoms with Gasteiger partial charge in [0.25, 0.3) is 0 Å². The highest BCUT2D eigenvalue weighted by molar-refractivity contribution is 5.69. The normalized spacial score (nSPS) is 24.8. The summed E-state index contributed by atoms with van der Waals surface area (Å²) >= 11 is 0. The van der Waals surface area contributed by atoms with E-state index in [9.17, 15) is 18.0 Å². The van der Waals surface area contributed by atoms with Gasteiger partial charge in [0, 0.05) is 5.92 Å². The lowest BCUT2D eigenvalue weighted by molar-refractivity contribution is -0.188. The van der Waals surface area contributed by atoms with E-state index in [0.717, 1.165) is 0 Å². The third kappa shape index (κ3) is 3.51. The number of tetrazole rings is 1. The molecule has 0 bridgehead atoms. The Morgan fingerprint density at radius 3 is 2.71 bits per heavy atom. The molecule has 1 fully saturated rings. The molecule has 1 aliphatic carbocycles. The average Bonchev–Trinajstić information content (AvgIpc) is 2.85. The van der Waals surface area contributed by atoms with Gasteiger partial charge in [-0.15, -0.1) is 5.10 Å². The number of hydrogen-bond donors (Lipinski definition) is 1. The number of aliphatic carboxylic acids is 1. The van der Waals surface area contributed by atoms with E-state index in [1.807, 2.05) is 0 Å². The average molecular weight is 306 g/mol. The van der Waals surface area contributed by atoms with Crippen LogP contribution in [0.5, 0.6) is 0 Å². The molecule has 2 rings (SSSR count). The number of hydrogen-bond acceptors (Lipinski definition) is 4. The Bertz CT molecular complexity index is 503. The van der Waals surface area contributed by atoms with E-state index in [4.69, 9.17) is 5.11 Å². The Balaban J connectivity index is 2.24. The fourth-order valence-corrected chi connectivity index (χ4v) is 2.78. The van der Waals surface area contributed by atoms with Crippen molar-refractivity contribution in [3.63, 3.8) is 0 Å². The first-order valence-corrected chi connectivity index (χ1v) is 6.86. The van der Waals surface area contributed by atoms with Gasteiger partial charge in [-0.2, -0.15) is 13.2 Å². The van der Waals surface area contributed by atoms with Crippen LogP contribution in [0, 0.1) is 11.8 Å². The van der Waals surface area contributed by atoms with Gasteiger partial charge < -0.3 is 5.11 Å². The molecule has 0 aromatic carbocycles. The molecule has 0 aliphatic heterocycles. The Morgan fingerprint density at radius 2 is 2.10 bits per heavy atom. The van der Waals surface area contributed by atoms with Crippen molar-refractivity contribution in [2.75, 3.05) is 0 Å². The second kappa shape index (κ2) is 5.98. The number of carbonyl (C=O) groups is 1. The smallest absolute Gasteiger partial charge is 0.392 e. The molecule has 3 atom stereocenters. The van der Waals surface area contributed by atoms with Crippen molar-refractivity contribution in [2.45, 2.75) is 51.2 Å². The number of aromatic nitrogens is 4. The van der Waals surface area contributed by atoms with Crippen LogP contribution in [0.15, 0.2) is 0 Å². The van der Waals surface area contributed by atoms with Crippen molar-refractivity contribution >= 4 is 5.97 Å². The van der Waals surface area contributed by atoms with Gasteiger partial charge >= 0.3 is 12.1 Å². The zero-order chi connectivity index (χ0) is 15.6. The molecule has 9 heteroatoms. The van der Waals surface area contributed by atoms with Crippen LogP contribution in [0.4, 0.5) is 13.2 Å². The highest BCUT2D eigenvalue weighted by atomic mass is 19.4. The summed E-state index contributed by atoms with van der Waals surface area (Å²) in [6.45, 7) is 1.44. The van der Waals surface area contributed by atoms with Gasteiger partial charge in [-0.25, -0.2) is 4.68 Å². The van der Waals surface area contributed by atoms with E-state index in [1.54, 1.807) is 0 Å². The van der Waals surface area contributed by atoms with E-state index in [1.165, 1.54) is 11.6 Å².